The van der Waals surface area contributed by atoms with Gasteiger partial charge >= 0.3 is 60.1 Å². The summed E-state index contributed by atoms with van der Waals surface area (Å²) in [6.45, 7) is 45.7. The van der Waals surface area contributed by atoms with E-state index in [1.165, 1.54) is 35.9 Å². The molecule has 0 unspecified atom stereocenters. The smallest absolute Gasteiger partial charge is 0.410 e. The van der Waals surface area contributed by atoms with Crippen LogP contribution in [0.5, 0.6) is 0 Å². The molecular formula is C96H133ArN9O24. The molecule has 0 aromatic heterocycles. The second-order valence-electron chi connectivity index (χ2n) is 34.2. The Balaban J connectivity index is 0.000000511. The van der Waals surface area contributed by atoms with Gasteiger partial charge in [-0.1, -0.05) is 84.9 Å². The largest absolute Gasteiger partial charge is 0.478 e. The molecule has 3 amide bonds. The molecule has 10 N–H and O–H groups in total. The fourth-order valence-corrected chi connectivity index (χ4v) is 12.4. The second-order valence-corrected chi connectivity index (χ2v) is 34.2. The number of piperazine rings is 2. The predicted octanol–water partition coefficient (Wildman–Crippen LogP) is 13.2. The van der Waals surface area contributed by atoms with E-state index in [0.717, 1.165) is 165 Å². The van der Waals surface area contributed by atoms with Crippen molar-refractivity contribution < 1.29 is 155 Å². The molecule has 0 spiro atoms. The summed E-state index contributed by atoms with van der Waals surface area (Å²) in [6, 6.07) is 47.8. The van der Waals surface area contributed by atoms with Crippen LogP contribution < -0.4 is 5.32 Å². The van der Waals surface area contributed by atoms with Gasteiger partial charge in [0.1, 0.15) is 23.6 Å². The third-order valence-corrected chi connectivity index (χ3v) is 19.4. The number of morpholine rings is 2. The summed E-state index contributed by atoms with van der Waals surface area (Å²) in [5.74, 6) is -6.38. The average molecular weight is 1840 g/mol. The van der Waals surface area contributed by atoms with E-state index in [2.05, 4.69) is 48.8 Å². The minimum atomic E-state index is -0.981. The molecule has 0 aliphatic carbocycles. The molecule has 4 heterocycles. The minimum absolute atomic E-state index is 0. The van der Waals surface area contributed by atoms with E-state index >= 15 is 0 Å². The van der Waals surface area contributed by atoms with Crippen LogP contribution in [0, 0.1) is 37.7 Å². The summed E-state index contributed by atoms with van der Waals surface area (Å²) in [5, 5.41) is 64.6. The number of hydrogen-bond donors (Lipinski definition) is 8. The van der Waals surface area contributed by atoms with E-state index in [1.807, 2.05) is 118 Å². The van der Waals surface area contributed by atoms with Crippen LogP contribution in [0.1, 0.15) is 201 Å². The zero-order valence-electron chi connectivity index (χ0n) is 77.4. The molecule has 4 fully saturated rings. The molecule has 4 aliphatic heterocycles. The van der Waals surface area contributed by atoms with E-state index in [-0.39, 0.29) is 78.1 Å². The van der Waals surface area contributed by atoms with Gasteiger partial charge in [0.05, 0.1) is 65.4 Å². The second kappa shape index (κ2) is 58.8. The van der Waals surface area contributed by atoms with Gasteiger partial charge < -0.3 is 94.6 Å². The quantitative estimate of drug-likeness (QED) is 0.0276. The van der Waals surface area contributed by atoms with Gasteiger partial charge in [0.25, 0.3) is 0 Å². The summed E-state index contributed by atoms with van der Waals surface area (Å²) in [7, 11) is 4.27. The molecule has 33 nitrogen and oxygen atoms in total. The number of alkyl carbamates (subject to hydrolysis) is 1. The van der Waals surface area contributed by atoms with Gasteiger partial charge in [-0.05, 0) is 228 Å². The normalized spacial score (nSPS) is 14.2. The van der Waals surface area contributed by atoms with Crippen LogP contribution in [0.4, 0.5) is 14.4 Å². The number of rotatable bonds is 23. The Labute approximate surface area is 793 Å². The number of carboxylic acid groups (broad SMARTS) is 7. The van der Waals surface area contributed by atoms with Crippen molar-refractivity contribution in [2.24, 2.45) is 0 Å². The number of ether oxygens (including phenoxy) is 5. The number of carbonyl (C=O) groups is 11. The molecule has 714 valence electrons. The first-order valence-corrected chi connectivity index (χ1v) is 42.2. The molecule has 130 heavy (non-hydrogen) atoms. The molecule has 34 heteroatoms. The Kier molecular flexibility index (Phi) is 52.1. The Morgan fingerprint density at radius 2 is 0.592 bits per heavy atom. The number of amides is 3. The maximum absolute atomic E-state index is 12.2. The predicted molar refractivity (Wildman–Crippen MR) is 489 cm³/mol. The summed E-state index contributed by atoms with van der Waals surface area (Å²) in [4.78, 5) is 136. The topological polar surface area (TPSA) is 445 Å². The van der Waals surface area contributed by atoms with Crippen LogP contribution in [0.15, 0.2) is 170 Å². The van der Waals surface area contributed by atoms with Crippen molar-refractivity contribution in [2.45, 2.75) is 165 Å². The fourth-order valence-electron chi connectivity index (χ4n) is 12.4. The number of nitrogens with one attached hydrogen (secondary N) is 1. The molecule has 11 rings (SSSR count). The van der Waals surface area contributed by atoms with Crippen LogP contribution in [-0.2, 0) is 74.3 Å². The molecule has 7 aromatic carbocycles. The summed E-state index contributed by atoms with van der Waals surface area (Å²) in [6.07, 6.45) is -1.28. The van der Waals surface area contributed by atoms with Crippen LogP contribution in [-0.4, -0.2) is 295 Å². The van der Waals surface area contributed by atoms with Gasteiger partial charge in [0.2, 0.25) is 0 Å². The number of likely N-dealkylation sites (N-methyl/N-ethyl adjacent to an activating group) is 2. The Bertz CT molecular complexity index is 4610. The summed E-state index contributed by atoms with van der Waals surface area (Å²) >= 11 is 0. The van der Waals surface area contributed by atoms with Crippen molar-refractivity contribution in [2.75, 3.05) is 119 Å². The molecule has 7 aromatic rings. The summed E-state index contributed by atoms with van der Waals surface area (Å²) < 4.78 is 26.4. The molecule has 0 bridgehead atoms. The molecule has 4 saturated heterocycles. The number of aromatic carboxylic acids is 7. The van der Waals surface area contributed by atoms with E-state index in [1.54, 1.807) is 128 Å². The zero-order valence-corrected chi connectivity index (χ0v) is 78.1. The maximum atomic E-state index is 12.2. The zero-order chi connectivity index (χ0) is 95.4. The third kappa shape index (κ3) is 47.2. The van der Waals surface area contributed by atoms with Crippen molar-refractivity contribution in [1.29, 1.82) is 0 Å². The number of carboxylic acids is 7. The Hall–Kier alpha value is -10.8. The first kappa shape index (κ1) is 115. The van der Waals surface area contributed by atoms with Crippen molar-refractivity contribution in [3.05, 3.63) is 248 Å². The van der Waals surface area contributed by atoms with E-state index < -0.39 is 70.8 Å². The Morgan fingerprint density at radius 3 is 0.869 bits per heavy atom. The van der Waals surface area contributed by atoms with Gasteiger partial charge in [-0.25, -0.2) is 47.9 Å². The Morgan fingerprint density at radius 1 is 0.346 bits per heavy atom. The third-order valence-electron chi connectivity index (χ3n) is 19.4. The molecular weight excluding hydrogens is 1700 g/mol. The fraction of sp³-hybridized carbons (Fsp3) is 0.448. The number of carbonyl (C=O) groups excluding carboxylic acids is 4. The molecule has 4 aliphatic rings. The SMILES string of the molecule is C=O.CC(C)(C)OC(=O)NCc1ccc(C(=O)O)cc1.CC(C)N(Cc1ccc(C(=O)O)cc1)C(=O)OC(C)(C)C.CC(C)N(Cc1cccc(C(=O)O)c1)C(=O)OC(C)(C)C.CN1CCN(Cc2ccc(C(=O)O)cc2)CC1.CN1CCN(Cc2cccc(C(=O)O)c2)CC1.O.O=C(O)c1ccc(CN2CCOCC2)cc1.O=C(O)c1cccc(CN2CCOCC2)c1.[Ar]. The number of benzene rings is 7. The monoisotopic (exact) mass is 1840 g/mol. The van der Waals surface area contributed by atoms with Gasteiger partial charge in [-0.2, -0.15) is 0 Å². The van der Waals surface area contributed by atoms with Crippen LogP contribution in [0.2, 0.25) is 0 Å². The van der Waals surface area contributed by atoms with Crippen molar-refractivity contribution in [1.82, 2.24) is 44.5 Å². The molecule has 0 saturated carbocycles. The minimum Gasteiger partial charge on any atom is -0.478 e. The first-order chi connectivity index (χ1) is 60.3. The van der Waals surface area contributed by atoms with E-state index in [0.29, 0.717) is 41.9 Å². The van der Waals surface area contributed by atoms with Gasteiger partial charge in [-0.15, -0.1) is 0 Å². The average Bonchev–Trinajstić information content (AvgIpc) is 0.663. The van der Waals surface area contributed by atoms with E-state index in [9.17, 15) is 47.9 Å². The number of hydrogen-bond acceptors (Lipinski definition) is 22. The van der Waals surface area contributed by atoms with Crippen molar-refractivity contribution in [3.63, 3.8) is 0 Å². The van der Waals surface area contributed by atoms with Crippen LogP contribution >= 0.6 is 0 Å². The first-order valence-electron chi connectivity index (χ1n) is 42.2. The van der Waals surface area contributed by atoms with Gasteiger partial charge in [-0.3, -0.25) is 19.6 Å². The molecule has 0 radical (unpaired) electrons. The van der Waals surface area contributed by atoms with E-state index in [4.69, 9.17) is 64.2 Å². The van der Waals surface area contributed by atoms with Crippen LogP contribution in [0.25, 0.3) is 0 Å². The van der Waals surface area contributed by atoms with Gasteiger partial charge in [0, 0.05) is 174 Å². The maximum Gasteiger partial charge on any atom is 0.410 e. The van der Waals surface area contributed by atoms with Gasteiger partial charge in [0.15, 0.2) is 0 Å². The standard InChI is InChI=1S/2C16H23NO4.2C13H18N2O2.C13H17NO4.2C12H15NO3.CH2O.Ar.H2O/c1-11(2)17(15(20)21-16(3,4)5)10-12-6-8-13(9-7-12)14(18)19;1-11(2)17(15(20)21-16(3,4)5)10-12-7-6-8-13(9-12)14(18)19;1-14-6-8-15(9-7-14)10-11-2-4-12(5-3-11)13(16)17;1-14-5-7-15(8-6-14)10-11-3-2-4-12(9-11)13(16)17;1-13(2,3)18-12(17)14-8-9-4-6-10(7-5-9)11(15)16;14-12(15)11-3-1-10(2-4-11)9-13-5-7-16-8-6-13;14-12(15)11-3-1-2-10(8-11)9-13-4-6-16-7-5-13;1-2;;/h2*6-9,11H,10H2,1-5H3,(H,18,19);2-5H,6-10H2,1H3,(H,16,17);2-4,9H,5-8,10H2,1H3,(H,16,17);4-7H,8H2,1-3H3,(H,14,17)(H,15,16);1-4H,5-9H2,(H,14,15);1-3,8H,4-7,9H2,(H,14,15);1H2;;1H2. The van der Waals surface area contributed by atoms with Crippen LogP contribution in [0.3, 0.4) is 0 Å². The summed E-state index contributed by atoms with van der Waals surface area (Å²) in [5.41, 5.74) is 7.31. The van der Waals surface area contributed by atoms with Crippen molar-refractivity contribution >= 4 is 66.9 Å². The molecule has 0 atom stereocenters. The number of nitrogens with zero attached hydrogens (tertiary/aromatic N) is 8. The van der Waals surface area contributed by atoms with Crippen molar-refractivity contribution in [3.8, 4) is 0 Å².